The Hall–Kier alpha value is -4.34. The lowest BCUT2D eigenvalue weighted by Gasteiger charge is -2.09. The Bertz CT molecular complexity index is 1400. The molecule has 2 amide bonds. The molecule has 174 valence electrons. The van der Waals surface area contributed by atoms with E-state index in [0.717, 1.165) is 12.1 Å². The summed E-state index contributed by atoms with van der Waals surface area (Å²) < 4.78 is 46.4. The van der Waals surface area contributed by atoms with Crippen LogP contribution in [0.15, 0.2) is 66.7 Å². The number of hydrogen-bond donors (Lipinski definition) is 2. The molecule has 1 heterocycles. The van der Waals surface area contributed by atoms with E-state index in [1.807, 2.05) is 6.07 Å². The van der Waals surface area contributed by atoms with Crippen molar-refractivity contribution in [2.24, 2.45) is 12.8 Å². The highest BCUT2D eigenvalue weighted by atomic mass is 19.4. The summed E-state index contributed by atoms with van der Waals surface area (Å²) in [6, 6.07) is 16.8. The minimum absolute atomic E-state index is 0.00269. The van der Waals surface area contributed by atoms with Crippen molar-refractivity contribution in [2.45, 2.75) is 6.18 Å². The van der Waals surface area contributed by atoms with Crippen LogP contribution in [0.2, 0.25) is 0 Å². The highest BCUT2D eigenvalue weighted by molar-refractivity contribution is 5.99. The van der Waals surface area contributed by atoms with Crippen molar-refractivity contribution in [2.75, 3.05) is 6.54 Å². The first-order chi connectivity index (χ1) is 16.1. The van der Waals surface area contributed by atoms with Crippen LogP contribution in [0.3, 0.4) is 0 Å². The molecule has 0 saturated heterocycles. The molecular formula is C24H19F3N4O3. The highest BCUT2D eigenvalue weighted by Crippen LogP contribution is 2.35. The fourth-order valence-electron chi connectivity index (χ4n) is 3.46. The quantitative estimate of drug-likeness (QED) is 0.442. The molecule has 3 aromatic carbocycles. The summed E-state index contributed by atoms with van der Waals surface area (Å²) in [5, 5.41) is 2.44. The molecule has 3 N–H and O–H groups in total. The number of nitrogens with zero attached hydrogens (tertiary/aromatic N) is 2. The topological polar surface area (TPSA) is 99.2 Å². The van der Waals surface area contributed by atoms with E-state index in [4.69, 9.17) is 10.5 Å². The highest BCUT2D eigenvalue weighted by Gasteiger charge is 2.30. The molecule has 4 rings (SSSR count). The Morgan fingerprint density at radius 3 is 2.53 bits per heavy atom. The number of primary amides is 1. The fourth-order valence-corrected chi connectivity index (χ4v) is 3.46. The van der Waals surface area contributed by atoms with E-state index in [1.165, 1.54) is 12.1 Å². The second-order valence-electron chi connectivity index (χ2n) is 7.48. The molecule has 0 spiro atoms. The van der Waals surface area contributed by atoms with E-state index in [2.05, 4.69) is 10.3 Å². The van der Waals surface area contributed by atoms with Gasteiger partial charge in [-0.2, -0.15) is 18.2 Å². The molecule has 7 nitrogen and oxygen atoms in total. The number of nitrogens with one attached hydrogen (secondary N) is 1. The van der Waals surface area contributed by atoms with Gasteiger partial charge in [0.05, 0.1) is 17.6 Å². The van der Waals surface area contributed by atoms with Crippen LogP contribution in [-0.2, 0) is 18.0 Å². The summed E-state index contributed by atoms with van der Waals surface area (Å²) in [5.41, 5.74) is 7.17. The van der Waals surface area contributed by atoms with E-state index >= 15 is 0 Å². The van der Waals surface area contributed by atoms with Gasteiger partial charge in [0.2, 0.25) is 5.91 Å². The Balaban J connectivity index is 1.70. The van der Waals surface area contributed by atoms with E-state index in [-0.39, 0.29) is 18.3 Å². The lowest BCUT2D eigenvalue weighted by Crippen LogP contribution is -2.33. The molecule has 10 heteroatoms. The van der Waals surface area contributed by atoms with Crippen molar-refractivity contribution in [3.8, 4) is 22.9 Å². The van der Waals surface area contributed by atoms with Crippen molar-refractivity contribution in [1.82, 2.24) is 14.9 Å². The second kappa shape index (κ2) is 8.89. The number of alkyl halides is 3. The van der Waals surface area contributed by atoms with Gasteiger partial charge in [0.25, 0.3) is 5.91 Å². The van der Waals surface area contributed by atoms with Gasteiger partial charge in [0.15, 0.2) is 0 Å². The number of halogens is 3. The summed E-state index contributed by atoms with van der Waals surface area (Å²) in [5.74, 6) is -1.11. The molecule has 0 atom stereocenters. The van der Waals surface area contributed by atoms with Crippen molar-refractivity contribution in [3.63, 3.8) is 0 Å². The van der Waals surface area contributed by atoms with Crippen molar-refractivity contribution < 1.29 is 27.5 Å². The molecule has 0 unspecified atom stereocenters. The largest absolute Gasteiger partial charge is 0.425 e. The first-order valence-corrected chi connectivity index (χ1v) is 10.1. The molecule has 4 aromatic rings. The van der Waals surface area contributed by atoms with Crippen molar-refractivity contribution in [3.05, 3.63) is 77.9 Å². The van der Waals surface area contributed by atoms with Gasteiger partial charge in [0.1, 0.15) is 11.3 Å². The van der Waals surface area contributed by atoms with E-state index in [1.54, 1.807) is 48.0 Å². The van der Waals surface area contributed by atoms with Crippen molar-refractivity contribution >= 4 is 22.8 Å². The fraction of sp³-hybridized carbons (Fsp3) is 0.125. The number of nitrogens with two attached hydrogens (primary N) is 1. The number of aryl methyl sites for hydroxylation is 1. The van der Waals surface area contributed by atoms with Gasteiger partial charge < -0.3 is 15.8 Å². The van der Waals surface area contributed by atoms with Gasteiger partial charge >= 0.3 is 12.2 Å². The number of ether oxygens (including phenoxy) is 1. The molecule has 0 aliphatic heterocycles. The van der Waals surface area contributed by atoms with Gasteiger partial charge in [-0.1, -0.05) is 30.3 Å². The Kier molecular flexibility index (Phi) is 5.97. The van der Waals surface area contributed by atoms with Crippen LogP contribution in [0.1, 0.15) is 15.9 Å². The first-order valence-electron chi connectivity index (χ1n) is 10.1. The first kappa shape index (κ1) is 22.8. The number of rotatable bonds is 6. The lowest BCUT2D eigenvalue weighted by atomic mass is 10.0. The maximum atomic E-state index is 13.0. The third kappa shape index (κ3) is 4.70. The van der Waals surface area contributed by atoms with Gasteiger partial charge in [-0.3, -0.25) is 14.2 Å². The number of hydrogen-bond acceptors (Lipinski definition) is 4. The normalized spacial score (nSPS) is 11.4. The summed E-state index contributed by atoms with van der Waals surface area (Å²) >= 11 is 0. The zero-order valence-corrected chi connectivity index (χ0v) is 17.9. The SMILES string of the molecule is Cn1c(Oc2cccc(C(F)(F)F)c2)nc2c(-c3cccc(C(=O)NCC(N)=O)c3)cccc21. The maximum absolute atomic E-state index is 13.0. The second-order valence-corrected chi connectivity index (χ2v) is 7.48. The Morgan fingerprint density at radius 2 is 1.79 bits per heavy atom. The Labute approximate surface area is 192 Å². The average molecular weight is 468 g/mol. The lowest BCUT2D eigenvalue weighted by molar-refractivity contribution is -0.137. The predicted octanol–water partition coefficient (Wildman–Crippen LogP) is 4.27. The zero-order valence-electron chi connectivity index (χ0n) is 17.9. The summed E-state index contributed by atoms with van der Waals surface area (Å²) in [6.45, 7) is -0.283. The average Bonchev–Trinajstić information content (AvgIpc) is 3.12. The van der Waals surface area contributed by atoms with Crippen LogP contribution >= 0.6 is 0 Å². The number of carbonyl (C=O) groups excluding carboxylic acids is 2. The molecule has 0 bridgehead atoms. The molecule has 34 heavy (non-hydrogen) atoms. The van der Waals surface area contributed by atoms with Crippen molar-refractivity contribution in [1.29, 1.82) is 0 Å². The van der Waals surface area contributed by atoms with E-state index in [0.29, 0.717) is 27.7 Å². The number of para-hydroxylation sites is 1. The van der Waals surface area contributed by atoms with Crippen LogP contribution in [0.25, 0.3) is 22.2 Å². The number of amides is 2. The molecule has 1 aromatic heterocycles. The smallest absolute Gasteiger partial charge is 0.416 e. The maximum Gasteiger partial charge on any atom is 0.416 e. The number of carbonyl (C=O) groups is 2. The van der Waals surface area contributed by atoms with Crippen LogP contribution < -0.4 is 15.8 Å². The minimum Gasteiger partial charge on any atom is -0.425 e. The van der Waals surface area contributed by atoms with E-state index < -0.39 is 23.6 Å². The van der Waals surface area contributed by atoms with Crippen LogP contribution in [0, 0.1) is 0 Å². The predicted molar refractivity (Wildman–Crippen MR) is 119 cm³/mol. The molecule has 0 saturated carbocycles. The number of fused-ring (bicyclic) bond motifs is 1. The molecule has 0 fully saturated rings. The number of aromatic nitrogens is 2. The Morgan fingerprint density at radius 1 is 1.06 bits per heavy atom. The van der Waals surface area contributed by atoms with Crippen LogP contribution in [-0.4, -0.2) is 27.9 Å². The number of imidazole rings is 1. The third-order valence-corrected chi connectivity index (χ3v) is 5.10. The standard InChI is InChI=1S/C24H19F3N4O3/c1-31-19-10-4-9-18(14-5-2-6-15(11-14)22(33)29-13-20(28)32)21(19)30-23(31)34-17-8-3-7-16(12-17)24(25,26)27/h2-12H,13H2,1H3,(H2,28,32)(H,29,33). The van der Waals surface area contributed by atoms with Crippen LogP contribution in [0.5, 0.6) is 11.8 Å². The summed E-state index contributed by atoms with van der Waals surface area (Å²) in [4.78, 5) is 27.8. The number of benzene rings is 3. The van der Waals surface area contributed by atoms with Gasteiger partial charge in [-0.05, 0) is 42.0 Å². The molecular weight excluding hydrogens is 449 g/mol. The molecule has 0 radical (unpaired) electrons. The summed E-state index contributed by atoms with van der Waals surface area (Å²) in [7, 11) is 1.69. The van der Waals surface area contributed by atoms with Gasteiger partial charge in [-0.15, -0.1) is 0 Å². The monoisotopic (exact) mass is 468 g/mol. The minimum atomic E-state index is -4.49. The van der Waals surface area contributed by atoms with Gasteiger partial charge in [0, 0.05) is 18.2 Å². The molecule has 0 aliphatic rings. The molecule has 0 aliphatic carbocycles. The van der Waals surface area contributed by atoms with Gasteiger partial charge in [-0.25, -0.2) is 0 Å². The van der Waals surface area contributed by atoms with Crippen LogP contribution in [0.4, 0.5) is 13.2 Å². The zero-order chi connectivity index (χ0) is 24.5. The third-order valence-electron chi connectivity index (χ3n) is 5.10. The summed E-state index contributed by atoms with van der Waals surface area (Å²) in [6.07, 6.45) is -4.49. The van der Waals surface area contributed by atoms with E-state index in [9.17, 15) is 22.8 Å².